The number of para-hydroxylation sites is 1. The van der Waals surface area contributed by atoms with E-state index in [0.717, 1.165) is 19.5 Å². The lowest BCUT2D eigenvalue weighted by Crippen LogP contribution is -2.37. The van der Waals surface area contributed by atoms with Crippen molar-refractivity contribution in [3.63, 3.8) is 0 Å². The van der Waals surface area contributed by atoms with Crippen LogP contribution in [0.2, 0.25) is 0 Å². The molecule has 1 aromatic carbocycles. The van der Waals surface area contributed by atoms with Crippen LogP contribution in [0.15, 0.2) is 36.5 Å². The molecule has 1 fully saturated rings. The van der Waals surface area contributed by atoms with Gasteiger partial charge in [0.1, 0.15) is 6.61 Å². The standard InChI is InChI=1S/C17H22FN3O/c1-20-15(9-10-19-20)16-7-4-5-11-21(16)12-13-22-17-8-3-2-6-14(17)18/h2-3,6,8-10,16H,4-5,7,11-13H2,1H3/t16-/m1/s1. The topological polar surface area (TPSA) is 30.3 Å². The Labute approximate surface area is 130 Å². The Bertz CT molecular complexity index is 613. The van der Waals surface area contributed by atoms with Crippen LogP contribution in [0, 0.1) is 5.82 Å². The highest BCUT2D eigenvalue weighted by Gasteiger charge is 2.25. The number of rotatable bonds is 5. The lowest BCUT2D eigenvalue weighted by molar-refractivity contribution is 0.117. The predicted molar refractivity (Wildman–Crippen MR) is 83.3 cm³/mol. The molecule has 0 bridgehead atoms. The minimum Gasteiger partial charge on any atom is -0.489 e. The second-order valence-corrected chi connectivity index (χ2v) is 5.71. The summed E-state index contributed by atoms with van der Waals surface area (Å²) < 4.78 is 21.1. The third kappa shape index (κ3) is 3.30. The second-order valence-electron chi connectivity index (χ2n) is 5.71. The number of hydrogen-bond acceptors (Lipinski definition) is 3. The molecular formula is C17H22FN3O. The number of aryl methyl sites for hydroxylation is 1. The molecule has 1 aliphatic rings. The largest absolute Gasteiger partial charge is 0.489 e. The van der Waals surface area contributed by atoms with Gasteiger partial charge in [0.25, 0.3) is 0 Å². The summed E-state index contributed by atoms with van der Waals surface area (Å²) >= 11 is 0. The molecule has 1 aromatic heterocycles. The lowest BCUT2D eigenvalue weighted by atomic mass is 9.99. The van der Waals surface area contributed by atoms with Gasteiger partial charge in [0.15, 0.2) is 11.6 Å². The average Bonchev–Trinajstić information content (AvgIpc) is 2.96. The van der Waals surface area contributed by atoms with Gasteiger partial charge in [-0.1, -0.05) is 18.6 Å². The van der Waals surface area contributed by atoms with E-state index >= 15 is 0 Å². The van der Waals surface area contributed by atoms with E-state index in [4.69, 9.17) is 4.74 Å². The first-order valence-corrected chi connectivity index (χ1v) is 7.85. The van der Waals surface area contributed by atoms with E-state index in [1.54, 1.807) is 18.2 Å². The molecule has 0 saturated carbocycles. The van der Waals surface area contributed by atoms with Gasteiger partial charge in [0.05, 0.1) is 11.7 Å². The van der Waals surface area contributed by atoms with Crippen LogP contribution in [0.5, 0.6) is 5.75 Å². The third-order valence-corrected chi connectivity index (χ3v) is 4.29. The van der Waals surface area contributed by atoms with E-state index in [1.165, 1.54) is 24.6 Å². The van der Waals surface area contributed by atoms with Crippen molar-refractivity contribution in [2.75, 3.05) is 19.7 Å². The maximum atomic E-state index is 13.6. The first kappa shape index (κ1) is 15.0. The first-order chi connectivity index (χ1) is 10.8. The highest BCUT2D eigenvalue weighted by molar-refractivity contribution is 5.23. The molecular weight excluding hydrogens is 281 g/mol. The molecule has 0 N–H and O–H groups in total. The summed E-state index contributed by atoms with van der Waals surface area (Å²) in [6, 6.07) is 9.02. The summed E-state index contributed by atoms with van der Waals surface area (Å²) in [5.74, 6) is 0.0286. The van der Waals surface area contributed by atoms with Crippen LogP contribution in [0.1, 0.15) is 31.0 Å². The van der Waals surface area contributed by atoms with E-state index < -0.39 is 0 Å². The van der Waals surface area contributed by atoms with Crippen LogP contribution in [0.25, 0.3) is 0 Å². The number of nitrogens with zero attached hydrogens (tertiary/aromatic N) is 3. The van der Waals surface area contributed by atoms with Gasteiger partial charge >= 0.3 is 0 Å². The highest BCUT2D eigenvalue weighted by atomic mass is 19.1. The molecule has 0 unspecified atom stereocenters. The number of aromatic nitrogens is 2. The molecule has 0 spiro atoms. The SMILES string of the molecule is Cn1nccc1[C@H]1CCCCN1CCOc1ccccc1F. The van der Waals surface area contributed by atoms with Gasteiger partial charge in [-0.15, -0.1) is 0 Å². The second kappa shape index (κ2) is 6.92. The van der Waals surface area contributed by atoms with Crippen LogP contribution in [-0.2, 0) is 7.05 Å². The van der Waals surface area contributed by atoms with E-state index in [9.17, 15) is 4.39 Å². The fraction of sp³-hybridized carbons (Fsp3) is 0.471. The van der Waals surface area contributed by atoms with Gasteiger partial charge < -0.3 is 4.74 Å². The Morgan fingerprint density at radius 2 is 2.14 bits per heavy atom. The smallest absolute Gasteiger partial charge is 0.165 e. The van der Waals surface area contributed by atoms with Gasteiger partial charge in [-0.2, -0.15) is 5.10 Å². The van der Waals surface area contributed by atoms with Crippen molar-refractivity contribution in [3.05, 3.63) is 48.0 Å². The van der Waals surface area contributed by atoms with Crippen LogP contribution in [-0.4, -0.2) is 34.4 Å². The van der Waals surface area contributed by atoms with Crippen molar-refractivity contribution < 1.29 is 9.13 Å². The Balaban J connectivity index is 1.60. The highest BCUT2D eigenvalue weighted by Crippen LogP contribution is 2.30. The normalized spacial score (nSPS) is 19.3. The number of hydrogen-bond donors (Lipinski definition) is 0. The fourth-order valence-electron chi connectivity index (χ4n) is 3.14. The molecule has 2 heterocycles. The Hall–Kier alpha value is -1.88. The molecule has 0 aliphatic carbocycles. The Kier molecular flexibility index (Phi) is 4.73. The van der Waals surface area contributed by atoms with Crippen molar-refractivity contribution in [2.45, 2.75) is 25.3 Å². The van der Waals surface area contributed by atoms with Crippen molar-refractivity contribution >= 4 is 0 Å². The van der Waals surface area contributed by atoms with Gasteiger partial charge in [-0.25, -0.2) is 4.39 Å². The fourth-order valence-corrected chi connectivity index (χ4v) is 3.14. The van der Waals surface area contributed by atoms with E-state index in [-0.39, 0.29) is 5.82 Å². The molecule has 4 nitrogen and oxygen atoms in total. The molecule has 118 valence electrons. The summed E-state index contributed by atoms with van der Waals surface area (Å²) in [6.07, 6.45) is 5.42. The van der Waals surface area contributed by atoms with Crippen LogP contribution >= 0.6 is 0 Å². The van der Waals surface area contributed by atoms with Gasteiger partial charge in [0.2, 0.25) is 0 Å². The minimum atomic E-state index is -0.302. The third-order valence-electron chi connectivity index (χ3n) is 4.29. The van der Waals surface area contributed by atoms with E-state index in [0.29, 0.717) is 18.4 Å². The van der Waals surface area contributed by atoms with Crippen LogP contribution < -0.4 is 4.74 Å². The van der Waals surface area contributed by atoms with Crippen LogP contribution in [0.4, 0.5) is 4.39 Å². The summed E-state index contributed by atoms with van der Waals surface area (Å²) in [6.45, 7) is 2.34. The summed E-state index contributed by atoms with van der Waals surface area (Å²) in [4.78, 5) is 2.42. The Morgan fingerprint density at radius 3 is 2.91 bits per heavy atom. The molecule has 0 radical (unpaired) electrons. The molecule has 1 atom stereocenters. The number of benzene rings is 1. The van der Waals surface area contributed by atoms with Gasteiger partial charge in [-0.05, 0) is 37.6 Å². The summed E-state index contributed by atoms with van der Waals surface area (Å²) in [5, 5.41) is 4.27. The van der Waals surface area contributed by atoms with Crippen LogP contribution in [0.3, 0.4) is 0 Å². The average molecular weight is 303 g/mol. The maximum absolute atomic E-state index is 13.6. The van der Waals surface area contributed by atoms with Gasteiger partial charge in [0, 0.05) is 19.8 Å². The monoisotopic (exact) mass is 303 g/mol. The number of halogens is 1. The number of ether oxygens (including phenoxy) is 1. The first-order valence-electron chi connectivity index (χ1n) is 7.85. The molecule has 0 amide bonds. The van der Waals surface area contributed by atoms with Crippen molar-refractivity contribution in [3.8, 4) is 5.75 Å². The molecule has 5 heteroatoms. The summed E-state index contributed by atoms with van der Waals surface area (Å²) in [5.41, 5.74) is 1.24. The number of likely N-dealkylation sites (tertiary alicyclic amines) is 1. The minimum absolute atomic E-state index is 0.302. The zero-order valence-electron chi connectivity index (χ0n) is 12.9. The molecule has 1 saturated heterocycles. The van der Waals surface area contributed by atoms with Crippen molar-refractivity contribution in [1.82, 2.24) is 14.7 Å². The number of piperidine rings is 1. The maximum Gasteiger partial charge on any atom is 0.165 e. The Morgan fingerprint density at radius 1 is 1.27 bits per heavy atom. The molecule has 22 heavy (non-hydrogen) atoms. The predicted octanol–water partition coefficient (Wildman–Crippen LogP) is 3.17. The summed E-state index contributed by atoms with van der Waals surface area (Å²) in [7, 11) is 1.98. The zero-order chi connectivity index (χ0) is 15.4. The zero-order valence-corrected chi connectivity index (χ0v) is 12.9. The molecule has 2 aromatic rings. The van der Waals surface area contributed by atoms with E-state index in [2.05, 4.69) is 16.1 Å². The molecule has 1 aliphatic heterocycles. The van der Waals surface area contributed by atoms with E-state index in [1.807, 2.05) is 17.9 Å². The lowest BCUT2D eigenvalue weighted by Gasteiger charge is -2.35. The quantitative estimate of drug-likeness (QED) is 0.850. The van der Waals surface area contributed by atoms with Gasteiger partial charge in [-0.3, -0.25) is 9.58 Å². The van der Waals surface area contributed by atoms with Crippen molar-refractivity contribution in [1.29, 1.82) is 0 Å². The van der Waals surface area contributed by atoms with Crippen molar-refractivity contribution in [2.24, 2.45) is 7.05 Å². The molecule has 3 rings (SSSR count).